The molecule has 0 bridgehead atoms. The largest absolute Gasteiger partial charge is 0.496 e. The molecule has 27 heavy (non-hydrogen) atoms. The predicted molar refractivity (Wildman–Crippen MR) is 108 cm³/mol. The van der Waals surface area contributed by atoms with Crippen molar-refractivity contribution in [3.63, 3.8) is 0 Å². The van der Waals surface area contributed by atoms with Gasteiger partial charge in [0.2, 0.25) is 0 Å². The van der Waals surface area contributed by atoms with Gasteiger partial charge < -0.3 is 14.2 Å². The van der Waals surface area contributed by atoms with E-state index in [9.17, 15) is 4.79 Å². The molecule has 0 aliphatic rings. The standard InChI is InChI=1S/C23H26O4/c1-7-9-18-13-20(11-15(3)22(18)25-6)27-21-12-16(4)23(26-17(5)24)19(14-21)10-8-2/h7-8,11-14H,1-2,9-10H2,3-6H3. The average Bonchev–Trinajstić information content (AvgIpc) is 2.58. The van der Waals surface area contributed by atoms with Gasteiger partial charge in [0.15, 0.2) is 0 Å². The fraction of sp³-hybridized carbons (Fsp3) is 0.261. The molecule has 0 spiro atoms. The summed E-state index contributed by atoms with van der Waals surface area (Å²) in [7, 11) is 1.66. The van der Waals surface area contributed by atoms with Crippen molar-refractivity contribution in [3.05, 3.63) is 71.8 Å². The molecule has 0 radical (unpaired) electrons. The number of ether oxygens (including phenoxy) is 3. The van der Waals surface area contributed by atoms with Crippen molar-refractivity contribution in [1.29, 1.82) is 0 Å². The lowest BCUT2D eigenvalue weighted by molar-refractivity contribution is -0.131. The van der Waals surface area contributed by atoms with Gasteiger partial charge in [-0.3, -0.25) is 4.79 Å². The molecule has 2 rings (SSSR count). The summed E-state index contributed by atoms with van der Waals surface area (Å²) in [5.41, 5.74) is 3.69. The normalized spacial score (nSPS) is 10.2. The molecular formula is C23H26O4. The van der Waals surface area contributed by atoms with E-state index < -0.39 is 0 Å². The van der Waals surface area contributed by atoms with Crippen LogP contribution < -0.4 is 14.2 Å². The first-order valence-electron chi connectivity index (χ1n) is 8.78. The lowest BCUT2D eigenvalue weighted by atomic mass is 10.0. The van der Waals surface area contributed by atoms with Crippen LogP contribution >= 0.6 is 0 Å². The van der Waals surface area contributed by atoms with E-state index in [2.05, 4.69) is 13.2 Å². The Kier molecular flexibility index (Phi) is 6.83. The van der Waals surface area contributed by atoms with Crippen LogP contribution in [0.4, 0.5) is 0 Å². The van der Waals surface area contributed by atoms with Crippen molar-refractivity contribution < 1.29 is 19.0 Å². The van der Waals surface area contributed by atoms with E-state index in [0.29, 0.717) is 30.1 Å². The van der Waals surface area contributed by atoms with Crippen molar-refractivity contribution in [2.75, 3.05) is 7.11 Å². The number of allylic oxidation sites excluding steroid dienone is 2. The number of carbonyl (C=O) groups is 1. The van der Waals surface area contributed by atoms with Crippen molar-refractivity contribution in [2.24, 2.45) is 0 Å². The Labute approximate surface area is 161 Å². The molecule has 0 unspecified atom stereocenters. The second-order valence-electron chi connectivity index (χ2n) is 6.34. The third-order valence-electron chi connectivity index (χ3n) is 4.06. The molecule has 0 atom stereocenters. The molecule has 0 heterocycles. The molecule has 0 aromatic heterocycles. The average molecular weight is 366 g/mol. The first kappa shape index (κ1) is 20.3. The number of methoxy groups -OCH3 is 1. The minimum atomic E-state index is -0.350. The molecule has 0 N–H and O–H groups in total. The van der Waals surface area contributed by atoms with E-state index in [4.69, 9.17) is 14.2 Å². The third-order valence-corrected chi connectivity index (χ3v) is 4.06. The number of hydrogen-bond donors (Lipinski definition) is 0. The maximum atomic E-state index is 11.4. The van der Waals surface area contributed by atoms with Crippen LogP contribution in [-0.2, 0) is 17.6 Å². The summed E-state index contributed by atoms with van der Waals surface area (Å²) in [6.45, 7) is 12.8. The zero-order chi connectivity index (χ0) is 20.0. The van der Waals surface area contributed by atoms with Gasteiger partial charge in [0, 0.05) is 18.1 Å². The van der Waals surface area contributed by atoms with Gasteiger partial charge in [-0.25, -0.2) is 0 Å². The summed E-state index contributed by atoms with van der Waals surface area (Å²) in [6, 6.07) is 7.63. The van der Waals surface area contributed by atoms with Gasteiger partial charge in [0.25, 0.3) is 0 Å². The van der Waals surface area contributed by atoms with Crippen LogP contribution in [-0.4, -0.2) is 13.1 Å². The van der Waals surface area contributed by atoms with Crippen LogP contribution in [0.1, 0.15) is 29.2 Å². The second-order valence-corrected chi connectivity index (χ2v) is 6.34. The van der Waals surface area contributed by atoms with Gasteiger partial charge in [0.05, 0.1) is 7.11 Å². The van der Waals surface area contributed by atoms with E-state index in [1.807, 2.05) is 44.2 Å². The Bertz CT molecular complexity index is 865. The van der Waals surface area contributed by atoms with Gasteiger partial charge in [-0.1, -0.05) is 12.2 Å². The molecule has 0 saturated heterocycles. The van der Waals surface area contributed by atoms with E-state index in [0.717, 1.165) is 28.0 Å². The molecule has 0 aliphatic heterocycles. The highest BCUT2D eigenvalue weighted by atomic mass is 16.5. The number of aryl methyl sites for hydroxylation is 2. The summed E-state index contributed by atoms with van der Waals surface area (Å²) < 4.78 is 17.0. The summed E-state index contributed by atoms with van der Waals surface area (Å²) in [5, 5.41) is 0. The molecule has 4 nitrogen and oxygen atoms in total. The van der Waals surface area contributed by atoms with E-state index in [-0.39, 0.29) is 5.97 Å². The number of rotatable bonds is 8. The summed E-state index contributed by atoms with van der Waals surface area (Å²) >= 11 is 0. The van der Waals surface area contributed by atoms with Crippen LogP contribution in [0.15, 0.2) is 49.6 Å². The minimum Gasteiger partial charge on any atom is -0.496 e. The molecule has 2 aromatic carbocycles. The van der Waals surface area contributed by atoms with Crippen LogP contribution in [0.3, 0.4) is 0 Å². The molecule has 0 amide bonds. The first-order valence-corrected chi connectivity index (χ1v) is 8.78. The minimum absolute atomic E-state index is 0.350. The molecule has 2 aromatic rings. The van der Waals surface area contributed by atoms with Gasteiger partial charge in [-0.05, 0) is 62.1 Å². The fourth-order valence-corrected chi connectivity index (χ4v) is 3.07. The van der Waals surface area contributed by atoms with E-state index >= 15 is 0 Å². The number of esters is 1. The van der Waals surface area contributed by atoms with Gasteiger partial charge >= 0.3 is 5.97 Å². The monoisotopic (exact) mass is 366 g/mol. The highest BCUT2D eigenvalue weighted by molar-refractivity contribution is 5.71. The third kappa shape index (κ3) is 5.00. The van der Waals surface area contributed by atoms with Crippen LogP contribution in [0.2, 0.25) is 0 Å². The van der Waals surface area contributed by atoms with Crippen molar-refractivity contribution in [2.45, 2.75) is 33.6 Å². The highest BCUT2D eigenvalue weighted by Crippen LogP contribution is 2.35. The maximum Gasteiger partial charge on any atom is 0.308 e. The van der Waals surface area contributed by atoms with E-state index in [1.54, 1.807) is 13.2 Å². The summed E-state index contributed by atoms with van der Waals surface area (Å²) in [5.74, 6) is 2.45. The maximum absolute atomic E-state index is 11.4. The fourth-order valence-electron chi connectivity index (χ4n) is 3.07. The van der Waals surface area contributed by atoms with Gasteiger partial charge in [-0.15, -0.1) is 13.2 Å². The van der Waals surface area contributed by atoms with Crippen LogP contribution in [0, 0.1) is 13.8 Å². The first-order chi connectivity index (χ1) is 12.9. The van der Waals surface area contributed by atoms with Crippen LogP contribution in [0.5, 0.6) is 23.0 Å². The quantitative estimate of drug-likeness (QED) is 0.352. The second kappa shape index (κ2) is 9.08. The van der Waals surface area contributed by atoms with Gasteiger partial charge in [-0.2, -0.15) is 0 Å². The topological polar surface area (TPSA) is 44.8 Å². The molecule has 4 heteroatoms. The van der Waals surface area contributed by atoms with E-state index in [1.165, 1.54) is 6.92 Å². The lowest BCUT2D eigenvalue weighted by Crippen LogP contribution is -2.06. The lowest BCUT2D eigenvalue weighted by Gasteiger charge is -2.16. The summed E-state index contributed by atoms with van der Waals surface area (Å²) in [6.07, 6.45) is 4.87. The predicted octanol–water partition coefficient (Wildman–Crippen LogP) is 5.49. The molecule has 0 fully saturated rings. The number of carbonyl (C=O) groups excluding carboxylic acids is 1. The van der Waals surface area contributed by atoms with Gasteiger partial charge in [0.1, 0.15) is 23.0 Å². The molecular weight excluding hydrogens is 340 g/mol. The Balaban J connectivity index is 2.43. The highest BCUT2D eigenvalue weighted by Gasteiger charge is 2.14. The Morgan fingerprint density at radius 2 is 1.41 bits per heavy atom. The SMILES string of the molecule is C=CCc1cc(Oc2cc(C)c(OC(C)=O)c(CC=C)c2)cc(C)c1OC. The zero-order valence-electron chi connectivity index (χ0n) is 16.4. The smallest absolute Gasteiger partial charge is 0.308 e. The van der Waals surface area contributed by atoms with Crippen molar-refractivity contribution in [1.82, 2.24) is 0 Å². The van der Waals surface area contributed by atoms with Crippen molar-refractivity contribution >= 4 is 5.97 Å². The van der Waals surface area contributed by atoms with Crippen LogP contribution in [0.25, 0.3) is 0 Å². The molecule has 0 saturated carbocycles. The Hall–Kier alpha value is -3.01. The number of hydrogen-bond acceptors (Lipinski definition) is 4. The Morgan fingerprint density at radius 1 is 0.926 bits per heavy atom. The van der Waals surface area contributed by atoms with Crippen molar-refractivity contribution in [3.8, 4) is 23.0 Å². The Morgan fingerprint density at radius 3 is 1.85 bits per heavy atom. The molecule has 0 aliphatic carbocycles. The number of benzene rings is 2. The zero-order valence-corrected chi connectivity index (χ0v) is 16.4. The summed E-state index contributed by atoms with van der Waals surface area (Å²) in [4.78, 5) is 11.4. The molecule has 142 valence electrons.